The van der Waals surface area contributed by atoms with Gasteiger partial charge in [0.2, 0.25) is 0 Å². The van der Waals surface area contributed by atoms with Crippen LogP contribution in [0, 0.1) is 6.92 Å². The second-order valence-electron chi connectivity index (χ2n) is 6.95. The molecule has 1 N–H and O–H groups in total. The van der Waals surface area contributed by atoms with E-state index in [-0.39, 0.29) is 5.91 Å². The van der Waals surface area contributed by atoms with Crippen LogP contribution < -0.4 is 10.1 Å². The van der Waals surface area contributed by atoms with Gasteiger partial charge in [0.15, 0.2) is 0 Å². The van der Waals surface area contributed by atoms with Gasteiger partial charge < -0.3 is 10.1 Å². The summed E-state index contributed by atoms with van der Waals surface area (Å²) in [6, 6.07) is 23.1. The predicted octanol–water partition coefficient (Wildman–Crippen LogP) is 6.62. The van der Waals surface area contributed by atoms with Crippen LogP contribution in [0.25, 0.3) is 22.2 Å². The van der Waals surface area contributed by atoms with E-state index in [2.05, 4.69) is 21.2 Å². The van der Waals surface area contributed by atoms with E-state index in [1.165, 1.54) is 0 Å². The third-order valence-corrected chi connectivity index (χ3v) is 5.26. The molecule has 1 aromatic heterocycles. The fourth-order valence-corrected chi connectivity index (χ4v) is 3.97. The SMILES string of the molecule is CCOc1ccc(NC(=O)c2cc(-c3ccccc3)nc3c(C)cc(Br)cc23)cc1. The van der Waals surface area contributed by atoms with Crippen LogP contribution in [0.2, 0.25) is 0 Å². The van der Waals surface area contributed by atoms with Crippen LogP contribution in [0.3, 0.4) is 0 Å². The van der Waals surface area contributed by atoms with Crippen LogP contribution in [0.15, 0.2) is 77.3 Å². The van der Waals surface area contributed by atoms with Crippen LogP contribution in [0.5, 0.6) is 5.75 Å². The lowest BCUT2D eigenvalue weighted by Crippen LogP contribution is -2.13. The van der Waals surface area contributed by atoms with E-state index < -0.39 is 0 Å². The molecule has 0 radical (unpaired) electrons. The Bertz CT molecular complexity index is 1210. The lowest BCUT2D eigenvalue weighted by Gasteiger charge is -2.13. The Morgan fingerprint density at radius 3 is 2.47 bits per heavy atom. The first-order valence-electron chi connectivity index (χ1n) is 9.75. The Hall–Kier alpha value is -3.18. The van der Waals surface area contributed by atoms with E-state index in [0.29, 0.717) is 17.9 Å². The smallest absolute Gasteiger partial charge is 0.256 e. The van der Waals surface area contributed by atoms with Gasteiger partial charge in [0.05, 0.1) is 23.4 Å². The van der Waals surface area contributed by atoms with E-state index >= 15 is 0 Å². The molecule has 0 saturated carbocycles. The Labute approximate surface area is 184 Å². The molecule has 0 saturated heterocycles. The Morgan fingerprint density at radius 2 is 1.77 bits per heavy atom. The highest BCUT2D eigenvalue weighted by molar-refractivity contribution is 9.10. The van der Waals surface area contributed by atoms with Gasteiger partial charge in [-0.25, -0.2) is 4.98 Å². The number of pyridine rings is 1. The molecule has 150 valence electrons. The topological polar surface area (TPSA) is 51.2 Å². The molecule has 0 spiro atoms. The summed E-state index contributed by atoms with van der Waals surface area (Å²) in [6.07, 6.45) is 0. The lowest BCUT2D eigenvalue weighted by atomic mass is 10.0. The van der Waals surface area contributed by atoms with Crippen LogP contribution in [-0.4, -0.2) is 17.5 Å². The van der Waals surface area contributed by atoms with Crippen molar-refractivity contribution in [3.63, 3.8) is 0 Å². The molecule has 3 aromatic carbocycles. The standard InChI is InChI=1S/C25H21BrN2O2/c1-3-30-20-11-9-19(10-12-20)27-25(29)22-15-23(17-7-5-4-6-8-17)28-24-16(2)13-18(26)14-21(22)24/h4-15H,3H2,1-2H3,(H,27,29). The largest absolute Gasteiger partial charge is 0.494 e. The summed E-state index contributed by atoms with van der Waals surface area (Å²) in [5.41, 5.74) is 4.85. The quantitative estimate of drug-likeness (QED) is 0.363. The number of hydrogen-bond donors (Lipinski definition) is 1. The van der Waals surface area contributed by atoms with Crippen molar-refractivity contribution in [2.75, 3.05) is 11.9 Å². The molecule has 0 unspecified atom stereocenters. The zero-order valence-corrected chi connectivity index (χ0v) is 18.4. The summed E-state index contributed by atoms with van der Waals surface area (Å²) in [4.78, 5) is 18.1. The number of nitrogens with one attached hydrogen (secondary N) is 1. The second-order valence-corrected chi connectivity index (χ2v) is 7.87. The molecule has 4 nitrogen and oxygen atoms in total. The van der Waals surface area contributed by atoms with Gasteiger partial charge in [-0.15, -0.1) is 0 Å². The van der Waals surface area contributed by atoms with Gasteiger partial charge in [-0.05, 0) is 61.9 Å². The van der Waals surface area contributed by atoms with E-state index in [1.807, 2.05) is 86.6 Å². The zero-order chi connectivity index (χ0) is 21.1. The molecule has 5 heteroatoms. The van der Waals surface area contributed by atoms with Gasteiger partial charge in [0.25, 0.3) is 5.91 Å². The molecular weight excluding hydrogens is 440 g/mol. The van der Waals surface area contributed by atoms with E-state index in [4.69, 9.17) is 9.72 Å². The van der Waals surface area contributed by atoms with Crippen molar-refractivity contribution in [2.45, 2.75) is 13.8 Å². The Balaban J connectivity index is 1.78. The second kappa shape index (κ2) is 8.67. The monoisotopic (exact) mass is 460 g/mol. The number of benzene rings is 3. The Morgan fingerprint density at radius 1 is 1.03 bits per heavy atom. The number of carbonyl (C=O) groups is 1. The van der Waals surface area contributed by atoms with Crippen molar-refractivity contribution in [1.29, 1.82) is 0 Å². The maximum Gasteiger partial charge on any atom is 0.256 e. The summed E-state index contributed by atoms with van der Waals surface area (Å²) in [5, 5.41) is 3.81. The molecule has 0 aliphatic carbocycles. The first-order valence-corrected chi connectivity index (χ1v) is 10.5. The first kappa shape index (κ1) is 20.1. The molecule has 0 aliphatic rings. The van der Waals surface area contributed by atoms with Crippen molar-refractivity contribution in [2.24, 2.45) is 0 Å². The molecule has 30 heavy (non-hydrogen) atoms. The van der Waals surface area contributed by atoms with Gasteiger partial charge in [-0.3, -0.25) is 4.79 Å². The highest BCUT2D eigenvalue weighted by Crippen LogP contribution is 2.30. The molecule has 1 heterocycles. The van der Waals surface area contributed by atoms with Crippen LogP contribution in [0.4, 0.5) is 5.69 Å². The van der Waals surface area contributed by atoms with Crippen molar-refractivity contribution >= 4 is 38.4 Å². The average molecular weight is 461 g/mol. The number of anilines is 1. The Kier molecular flexibility index (Phi) is 5.81. The number of aryl methyl sites for hydroxylation is 1. The van der Waals surface area contributed by atoms with Crippen LogP contribution in [-0.2, 0) is 0 Å². The summed E-state index contributed by atoms with van der Waals surface area (Å²) in [5.74, 6) is 0.594. The third-order valence-electron chi connectivity index (χ3n) is 4.81. The first-order chi connectivity index (χ1) is 14.5. The fraction of sp³-hybridized carbons (Fsp3) is 0.120. The number of rotatable bonds is 5. The number of aromatic nitrogens is 1. The maximum absolute atomic E-state index is 13.3. The van der Waals surface area contributed by atoms with Gasteiger partial charge in [-0.2, -0.15) is 0 Å². The average Bonchev–Trinajstić information content (AvgIpc) is 2.75. The number of nitrogens with zero attached hydrogens (tertiary/aromatic N) is 1. The minimum atomic E-state index is -0.179. The fourth-order valence-electron chi connectivity index (χ4n) is 3.40. The van der Waals surface area contributed by atoms with Crippen molar-refractivity contribution in [3.8, 4) is 17.0 Å². The summed E-state index contributed by atoms with van der Waals surface area (Å²) in [6.45, 7) is 4.54. The summed E-state index contributed by atoms with van der Waals surface area (Å²) in [7, 11) is 0. The molecule has 4 rings (SSSR count). The molecule has 0 atom stereocenters. The minimum Gasteiger partial charge on any atom is -0.494 e. The van der Waals surface area contributed by atoms with Gasteiger partial charge in [-0.1, -0.05) is 46.3 Å². The van der Waals surface area contributed by atoms with Crippen molar-refractivity contribution < 1.29 is 9.53 Å². The number of ether oxygens (including phenoxy) is 1. The molecule has 1 amide bonds. The lowest BCUT2D eigenvalue weighted by molar-refractivity contribution is 0.102. The maximum atomic E-state index is 13.3. The van der Waals surface area contributed by atoms with Crippen molar-refractivity contribution in [3.05, 3.63) is 88.4 Å². The highest BCUT2D eigenvalue weighted by atomic mass is 79.9. The van der Waals surface area contributed by atoms with Crippen molar-refractivity contribution in [1.82, 2.24) is 4.98 Å². The van der Waals surface area contributed by atoms with Gasteiger partial charge in [0.1, 0.15) is 5.75 Å². The highest BCUT2D eigenvalue weighted by Gasteiger charge is 2.16. The third kappa shape index (κ3) is 4.21. The molecule has 0 aliphatic heterocycles. The number of amides is 1. The number of halogens is 1. The molecule has 0 bridgehead atoms. The predicted molar refractivity (Wildman–Crippen MR) is 125 cm³/mol. The van der Waals surface area contributed by atoms with E-state index in [9.17, 15) is 4.79 Å². The number of carbonyl (C=O) groups excluding carboxylic acids is 1. The van der Waals surface area contributed by atoms with Gasteiger partial charge in [0, 0.05) is 21.1 Å². The van der Waals surface area contributed by atoms with E-state index in [0.717, 1.165) is 37.9 Å². The zero-order valence-electron chi connectivity index (χ0n) is 16.8. The molecule has 0 fully saturated rings. The molecular formula is C25H21BrN2O2. The number of hydrogen-bond acceptors (Lipinski definition) is 3. The van der Waals surface area contributed by atoms with Crippen LogP contribution in [0.1, 0.15) is 22.8 Å². The van der Waals surface area contributed by atoms with Gasteiger partial charge >= 0.3 is 0 Å². The number of fused-ring (bicyclic) bond motifs is 1. The van der Waals surface area contributed by atoms with Crippen LogP contribution >= 0.6 is 15.9 Å². The summed E-state index contributed by atoms with van der Waals surface area (Å²) < 4.78 is 6.39. The van der Waals surface area contributed by atoms with E-state index in [1.54, 1.807) is 0 Å². The minimum absolute atomic E-state index is 0.179. The molecule has 4 aromatic rings. The summed E-state index contributed by atoms with van der Waals surface area (Å²) >= 11 is 3.55. The normalized spacial score (nSPS) is 10.8.